The zero-order chi connectivity index (χ0) is 15.4. The Morgan fingerprint density at radius 2 is 2.10 bits per heavy atom. The van der Waals surface area contributed by atoms with Crippen molar-refractivity contribution in [1.29, 1.82) is 0 Å². The first-order valence-corrected chi connectivity index (χ1v) is 7.58. The molecule has 1 aliphatic rings. The molecule has 2 rings (SSSR count). The number of nitro groups is 1. The summed E-state index contributed by atoms with van der Waals surface area (Å²) in [6.07, 6.45) is 3.74. The molecule has 1 N–H and O–H groups in total. The molecule has 0 radical (unpaired) electrons. The van der Waals surface area contributed by atoms with Crippen molar-refractivity contribution in [2.45, 2.75) is 45.8 Å². The van der Waals surface area contributed by atoms with Gasteiger partial charge in [0.1, 0.15) is 5.69 Å². The van der Waals surface area contributed by atoms with Gasteiger partial charge in [-0.25, -0.2) is 0 Å². The summed E-state index contributed by atoms with van der Waals surface area (Å²) in [4.78, 5) is 10.5. The van der Waals surface area contributed by atoms with Crippen molar-refractivity contribution in [2.24, 2.45) is 11.8 Å². The summed E-state index contributed by atoms with van der Waals surface area (Å²) in [6, 6.07) is 5.11. The average molecular weight is 292 g/mol. The van der Waals surface area contributed by atoms with E-state index < -0.39 is 0 Å². The quantitative estimate of drug-likeness (QED) is 0.658. The van der Waals surface area contributed by atoms with Crippen LogP contribution in [0.15, 0.2) is 18.2 Å². The van der Waals surface area contributed by atoms with Gasteiger partial charge in [-0.2, -0.15) is 0 Å². The Morgan fingerprint density at radius 3 is 2.71 bits per heavy atom. The Kier molecular flexibility index (Phi) is 5.17. The van der Waals surface area contributed by atoms with E-state index in [9.17, 15) is 10.1 Å². The third kappa shape index (κ3) is 3.94. The van der Waals surface area contributed by atoms with Gasteiger partial charge in [0.15, 0.2) is 0 Å². The van der Waals surface area contributed by atoms with Crippen LogP contribution in [0, 0.1) is 22.0 Å². The van der Waals surface area contributed by atoms with E-state index in [0.29, 0.717) is 24.3 Å². The predicted molar refractivity (Wildman–Crippen MR) is 83.4 cm³/mol. The molecule has 0 aromatic heterocycles. The van der Waals surface area contributed by atoms with E-state index in [2.05, 4.69) is 19.2 Å². The predicted octanol–water partition coefficient (Wildman–Crippen LogP) is 3.98. The van der Waals surface area contributed by atoms with E-state index in [1.807, 2.05) is 0 Å². The lowest BCUT2D eigenvalue weighted by Gasteiger charge is -2.32. The lowest BCUT2D eigenvalue weighted by molar-refractivity contribution is -0.384. The van der Waals surface area contributed by atoms with Crippen molar-refractivity contribution in [3.8, 4) is 0 Å². The second-order valence-corrected chi connectivity index (χ2v) is 6.06. The summed E-state index contributed by atoms with van der Waals surface area (Å²) < 4.78 is 5.99. The number of anilines is 1. The third-order valence-electron chi connectivity index (χ3n) is 4.56. The number of ether oxygens (including phenoxy) is 1. The molecule has 3 atom stereocenters. The molecule has 0 bridgehead atoms. The summed E-state index contributed by atoms with van der Waals surface area (Å²) in [5.74, 6) is 1.48. The van der Waals surface area contributed by atoms with Crippen molar-refractivity contribution in [2.75, 3.05) is 12.4 Å². The highest BCUT2D eigenvalue weighted by molar-refractivity contribution is 5.62. The topological polar surface area (TPSA) is 64.4 Å². The molecular weight excluding hydrogens is 268 g/mol. The minimum atomic E-state index is -0.374. The number of benzene rings is 1. The Balaban J connectivity index is 1.96. The Labute approximate surface area is 125 Å². The lowest BCUT2D eigenvalue weighted by atomic mass is 9.80. The van der Waals surface area contributed by atoms with E-state index in [1.54, 1.807) is 19.2 Å². The van der Waals surface area contributed by atoms with E-state index in [4.69, 9.17) is 4.74 Å². The molecule has 3 unspecified atom stereocenters. The maximum atomic E-state index is 10.9. The van der Waals surface area contributed by atoms with Crippen molar-refractivity contribution in [1.82, 2.24) is 0 Å². The highest BCUT2D eigenvalue weighted by Crippen LogP contribution is 2.32. The smallest absolute Gasteiger partial charge is 0.292 e. The number of rotatable bonds is 5. The van der Waals surface area contributed by atoms with Crippen LogP contribution in [0.25, 0.3) is 0 Å². The van der Waals surface area contributed by atoms with Crippen molar-refractivity contribution >= 4 is 11.4 Å². The summed E-state index contributed by atoms with van der Waals surface area (Å²) in [6.45, 7) is 5.10. The van der Waals surface area contributed by atoms with Gasteiger partial charge >= 0.3 is 0 Å². The second-order valence-electron chi connectivity index (χ2n) is 6.06. The fourth-order valence-electron chi connectivity index (χ4n) is 2.90. The molecule has 1 aliphatic carbocycles. The first kappa shape index (κ1) is 15.8. The largest absolute Gasteiger partial charge is 0.383 e. The summed E-state index contributed by atoms with van der Waals surface area (Å²) in [7, 11) is 1.69. The normalized spacial score (nSPS) is 25.6. The number of hydrogen-bond acceptors (Lipinski definition) is 4. The number of hydrogen-bond donors (Lipinski definition) is 1. The molecule has 1 saturated carbocycles. The van der Waals surface area contributed by atoms with Gasteiger partial charge in [-0.05, 0) is 48.8 Å². The third-order valence-corrected chi connectivity index (χ3v) is 4.56. The molecule has 0 heterocycles. The molecule has 21 heavy (non-hydrogen) atoms. The monoisotopic (exact) mass is 292 g/mol. The highest BCUT2D eigenvalue weighted by atomic mass is 16.6. The standard InChI is InChI=1S/C16H24N2O3/c1-11-4-6-14(8-12(11)2)21-10-13-5-7-16(18(19)20)15(9-13)17-3/h5,7,9,11-12,14,17H,4,6,8,10H2,1-3H3. The Hall–Kier alpha value is -1.62. The van der Waals surface area contributed by atoms with E-state index in [-0.39, 0.29) is 10.6 Å². The SMILES string of the molecule is CNc1cc(COC2CCC(C)C(C)C2)ccc1[N+](=O)[O-]. The van der Waals surface area contributed by atoms with Gasteiger partial charge in [0.25, 0.3) is 5.69 Å². The molecule has 0 saturated heterocycles. The van der Waals surface area contributed by atoms with Crippen molar-refractivity contribution in [3.63, 3.8) is 0 Å². The van der Waals surface area contributed by atoms with Gasteiger partial charge in [-0.15, -0.1) is 0 Å². The average Bonchev–Trinajstić information content (AvgIpc) is 2.48. The maximum absolute atomic E-state index is 10.9. The van der Waals surface area contributed by atoms with Crippen LogP contribution in [-0.4, -0.2) is 18.1 Å². The highest BCUT2D eigenvalue weighted by Gasteiger charge is 2.25. The molecule has 0 spiro atoms. The Bertz CT molecular complexity index is 504. The lowest BCUT2D eigenvalue weighted by Crippen LogP contribution is -2.26. The van der Waals surface area contributed by atoms with Crippen LogP contribution in [-0.2, 0) is 11.3 Å². The van der Waals surface area contributed by atoms with E-state index in [1.165, 1.54) is 12.5 Å². The van der Waals surface area contributed by atoms with E-state index in [0.717, 1.165) is 24.3 Å². The maximum Gasteiger partial charge on any atom is 0.292 e. The number of nitrogens with one attached hydrogen (secondary N) is 1. The van der Waals surface area contributed by atoms with Crippen LogP contribution in [0.2, 0.25) is 0 Å². The van der Waals surface area contributed by atoms with Crippen LogP contribution < -0.4 is 5.32 Å². The zero-order valence-electron chi connectivity index (χ0n) is 13.0. The fourth-order valence-corrected chi connectivity index (χ4v) is 2.90. The van der Waals surface area contributed by atoms with Gasteiger partial charge in [0, 0.05) is 13.1 Å². The van der Waals surface area contributed by atoms with Crippen LogP contribution in [0.3, 0.4) is 0 Å². The summed E-state index contributed by atoms with van der Waals surface area (Å²) in [5.41, 5.74) is 1.60. The minimum absolute atomic E-state index is 0.0985. The van der Waals surface area contributed by atoms with Gasteiger partial charge in [-0.3, -0.25) is 10.1 Å². The Morgan fingerprint density at radius 1 is 1.33 bits per heavy atom. The first-order valence-electron chi connectivity index (χ1n) is 7.58. The summed E-state index contributed by atoms with van der Waals surface area (Å²) >= 11 is 0. The van der Waals surface area contributed by atoms with E-state index >= 15 is 0 Å². The molecule has 0 amide bonds. The van der Waals surface area contributed by atoms with Crippen LogP contribution in [0.4, 0.5) is 11.4 Å². The van der Waals surface area contributed by atoms with Gasteiger partial charge in [0.2, 0.25) is 0 Å². The van der Waals surface area contributed by atoms with Gasteiger partial charge in [-0.1, -0.05) is 13.8 Å². The van der Waals surface area contributed by atoms with Gasteiger partial charge in [0.05, 0.1) is 17.6 Å². The molecule has 1 aromatic rings. The molecular formula is C16H24N2O3. The first-order chi connectivity index (χ1) is 10.0. The fraction of sp³-hybridized carbons (Fsp3) is 0.625. The molecule has 116 valence electrons. The van der Waals surface area contributed by atoms with Crippen molar-refractivity contribution in [3.05, 3.63) is 33.9 Å². The van der Waals surface area contributed by atoms with Crippen LogP contribution in [0.5, 0.6) is 0 Å². The van der Waals surface area contributed by atoms with Gasteiger partial charge < -0.3 is 10.1 Å². The minimum Gasteiger partial charge on any atom is -0.383 e. The van der Waals surface area contributed by atoms with Crippen molar-refractivity contribution < 1.29 is 9.66 Å². The molecule has 1 aromatic carbocycles. The number of nitro benzene ring substituents is 1. The molecule has 5 heteroatoms. The van der Waals surface area contributed by atoms with Crippen LogP contribution in [0.1, 0.15) is 38.7 Å². The second kappa shape index (κ2) is 6.89. The molecule has 1 fully saturated rings. The zero-order valence-corrected chi connectivity index (χ0v) is 13.0. The summed E-state index contributed by atoms with van der Waals surface area (Å²) in [5, 5.41) is 13.8. The number of nitrogens with zero attached hydrogens (tertiary/aromatic N) is 1. The molecule has 5 nitrogen and oxygen atoms in total. The van der Waals surface area contributed by atoms with Crippen LogP contribution >= 0.6 is 0 Å². The molecule has 0 aliphatic heterocycles.